The Labute approximate surface area is 242 Å². The molecule has 0 spiro atoms. The minimum atomic E-state index is -0.865. The second kappa shape index (κ2) is 10.6. The quantitative estimate of drug-likeness (QED) is 0.325. The summed E-state index contributed by atoms with van der Waals surface area (Å²) >= 11 is 2.08. The summed E-state index contributed by atoms with van der Waals surface area (Å²) in [7, 11) is 1.52. The molecule has 0 radical (unpaired) electrons. The number of hydrogen-bond donors (Lipinski definition) is 1. The number of nitrogens with zero attached hydrogens (tertiary/aromatic N) is 2. The molecule has 3 amide bonds. The highest BCUT2D eigenvalue weighted by molar-refractivity contribution is 8.00. The van der Waals surface area contributed by atoms with Crippen LogP contribution < -0.4 is 19.8 Å². The topological polar surface area (TPSA) is 97.7 Å². The molecular formula is C30H24FN3O5S2. The summed E-state index contributed by atoms with van der Waals surface area (Å²) in [6.45, 7) is 1.68. The van der Waals surface area contributed by atoms with Gasteiger partial charge in [-0.2, -0.15) is 0 Å². The Bertz CT molecular complexity index is 1730. The lowest BCUT2D eigenvalue weighted by Crippen LogP contribution is -2.33. The molecule has 0 saturated carbocycles. The number of hydrogen-bond acceptors (Lipinski definition) is 7. The van der Waals surface area contributed by atoms with Gasteiger partial charge in [0.2, 0.25) is 17.7 Å². The minimum Gasteiger partial charge on any atom is -0.496 e. The summed E-state index contributed by atoms with van der Waals surface area (Å²) in [4.78, 5) is 55.4. The van der Waals surface area contributed by atoms with Crippen LogP contribution in [0.1, 0.15) is 21.9 Å². The highest BCUT2D eigenvalue weighted by Gasteiger charge is 2.57. The van der Waals surface area contributed by atoms with E-state index in [-0.39, 0.29) is 17.1 Å². The van der Waals surface area contributed by atoms with Crippen molar-refractivity contribution in [2.45, 2.75) is 29.7 Å². The van der Waals surface area contributed by atoms with E-state index in [1.165, 1.54) is 35.9 Å². The van der Waals surface area contributed by atoms with Gasteiger partial charge in [-0.1, -0.05) is 59.0 Å². The lowest BCUT2D eigenvalue weighted by Gasteiger charge is -2.31. The summed E-state index contributed by atoms with van der Waals surface area (Å²) in [6.07, 6.45) is 0. The maximum Gasteiger partial charge on any atom is 0.308 e. The number of anilines is 2. The van der Waals surface area contributed by atoms with E-state index in [9.17, 15) is 23.6 Å². The molecule has 0 aliphatic carbocycles. The minimum absolute atomic E-state index is 0.259. The van der Waals surface area contributed by atoms with Crippen LogP contribution in [0.3, 0.4) is 0 Å². The highest BCUT2D eigenvalue weighted by Crippen LogP contribution is 2.55. The SMILES string of the molecule is COc1ccccc1C1c2sc(=O)n(CC(=O)Nc3ccc(C)cc3)c2SC2C(=O)N(c3ccc(F)cc3)C(=O)C21. The monoisotopic (exact) mass is 589 g/mol. The number of aryl methyl sites for hydroxylation is 1. The predicted octanol–water partition coefficient (Wildman–Crippen LogP) is 4.80. The number of thiazole rings is 1. The number of ether oxygens (including phenoxy) is 1. The van der Waals surface area contributed by atoms with Gasteiger partial charge in [0.15, 0.2) is 0 Å². The van der Waals surface area contributed by atoms with E-state index >= 15 is 0 Å². The fourth-order valence-corrected chi connectivity index (χ4v) is 8.10. The van der Waals surface area contributed by atoms with Gasteiger partial charge < -0.3 is 10.1 Å². The van der Waals surface area contributed by atoms with Crippen molar-refractivity contribution in [3.63, 3.8) is 0 Å². The molecule has 1 N–H and O–H groups in total. The van der Waals surface area contributed by atoms with E-state index in [0.717, 1.165) is 33.6 Å². The third-order valence-corrected chi connectivity index (χ3v) is 9.85. The number of aromatic nitrogens is 1. The molecule has 0 bridgehead atoms. The van der Waals surface area contributed by atoms with Gasteiger partial charge in [-0.15, -0.1) is 0 Å². The van der Waals surface area contributed by atoms with Crippen molar-refractivity contribution in [3.05, 3.63) is 104 Å². The molecule has 11 heteroatoms. The molecule has 1 saturated heterocycles. The van der Waals surface area contributed by atoms with Crippen molar-refractivity contribution in [3.8, 4) is 5.75 Å². The van der Waals surface area contributed by atoms with Crippen molar-refractivity contribution >= 4 is 52.2 Å². The normalized spacial score (nSPS) is 19.6. The van der Waals surface area contributed by atoms with Crippen LogP contribution in [-0.2, 0) is 20.9 Å². The highest BCUT2D eigenvalue weighted by atomic mass is 32.2. The van der Waals surface area contributed by atoms with Gasteiger partial charge in [-0.25, -0.2) is 9.29 Å². The van der Waals surface area contributed by atoms with E-state index in [1.54, 1.807) is 24.3 Å². The van der Waals surface area contributed by atoms with Gasteiger partial charge >= 0.3 is 4.87 Å². The Kier molecular flexibility index (Phi) is 7.00. The first-order valence-corrected chi connectivity index (χ1v) is 14.5. The van der Waals surface area contributed by atoms with Gasteiger partial charge in [-0.05, 0) is 49.4 Å². The Morgan fingerprint density at radius 2 is 1.68 bits per heavy atom. The first kappa shape index (κ1) is 27.0. The molecule has 3 atom stereocenters. The molecule has 41 heavy (non-hydrogen) atoms. The van der Waals surface area contributed by atoms with Crippen LogP contribution >= 0.6 is 23.1 Å². The summed E-state index contributed by atoms with van der Waals surface area (Å²) in [5.41, 5.74) is 2.58. The number of para-hydroxylation sites is 1. The number of amides is 3. The van der Waals surface area contributed by atoms with Gasteiger partial charge in [0.25, 0.3) is 0 Å². The number of methoxy groups -OCH3 is 1. The molecule has 3 unspecified atom stereocenters. The van der Waals surface area contributed by atoms with Crippen LogP contribution in [0.4, 0.5) is 15.8 Å². The average molecular weight is 590 g/mol. The number of halogens is 1. The zero-order valence-corrected chi connectivity index (χ0v) is 23.6. The smallest absolute Gasteiger partial charge is 0.308 e. The van der Waals surface area contributed by atoms with E-state index in [4.69, 9.17) is 4.74 Å². The van der Waals surface area contributed by atoms with Crippen molar-refractivity contribution in [2.75, 3.05) is 17.3 Å². The standard InChI is InChI=1S/C30H24FN3O5S2/c1-16-7-11-18(12-8-16)32-22(35)15-33-29-26(41-30(33)38)23(20-5-3-4-6-21(20)39-2)24-25(40-29)28(37)34(27(24)36)19-13-9-17(31)10-14-19/h3-14,23-25H,15H2,1-2H3,(H,32,35). The third-order valence-electron chi connectivity index (χ3n) is 7.25. The Morgan fingerprint density at radius 3 is 2.39 bits per heavy atom. The first-order chi connectivity index (χ1) is 19.8. The maximum absolute atomic E-state index is 13.9. The zero-order chi connectivity index (χ0) is 28.8. The van der Waals surface area contributed by atoms with Crippen LogP contribution in [0.25, 0.3) is 0 Å². The van der Waals surface area contributed by atoms with E-state index in [2.05, 4.69) is 5.32 Å². The third kappa shape index (κ3) is 4.74. The number of rotatable bonds is 6. The maximum atomic E-state index is 13.9. The number of carbonyl (C=O) groups is 3. The van der Waals surface area contributed by atoms with Crippen LogP contribution in [0.5, 0.6) is 5.75 Å². The van der Waals surface area contributed by atoms with Crippen molar-refractivity contribution in [1.29, 1.82) is 0 Å². The largest absolute Gasteiger partial charge is 0.496 e. The van der Waals surface area contributed by atoms with Gasteiger partial charge in [-0.3, -0.25) is 23.7 Å². The lowest BCUT2D eigenvalue weighted by molar-refractivity contribution is -0.122. The zero-order valence-electron chi connectivity index (χ0n) is 22.0. The summed E-state index contributed by atoms with van der Waals surface area (Å²) in [6, 6.07) is 19.7. The Morgan fingerprint density at radius 1 is 0.976 bits per heavy atom. The molecule has 2 aliphatic heterocycles. The molecule has 4 aromatic rings. The number of imide groups is 1. The summed E-state index contributed by atoms with van der Waals surface area (Å²) < 4.78 is 20.6. The second-order valence-electron chi connectivity index (χ2n) is 9.81. The number of carbonyl (C=O) groups excluding carboxylic acids is 3. The lowest BCUT2D eigenvalue weighted by atomic mass is 9.82. The molecular weight excluding hydrogens is 565 g/mol. The molecule has 1 fully saturated rings. The molecule has 8 nitrogen and oxygen atoms in total. The number of fused-ring (bicyclic) bond motifs is 2. The molecule has 208 valence electrons. The molecule has 3 aromatic carbocycles. The van der Waals surface area contributed by atoms with E-state index in [1.807, 2.05) is 31.2 Å². The van der Waals surface area contributed by atoms with Crippen molar-refractivity contribution in [1.82, 2.24) is 4.57 Å². The van der Waals surface area contributed by atoms with Crippen molar-refractivity contribution in [2.24, 2.45) is 5.92 Å². The fraction of sp³-hybridized carbons (Fsp3) is 0.200. The molecule has 1 aromatic heterocycles. The van der Waals surface area contributed by atoms with Gasteiger partial charge in [0.05, 0.1) is 23.7 Å². The molecule has 2 aliphatic rings. The van der Waals surface area contributed by atoms with Crippen LogP contribution in [-0.4, -0.2) is 34.6 Å². The Hall–Kier alpha value is -4.22. The first-order valence-electron chi connectivity index (χ1n) is 12.8. The van der Waals surface area contributed by atoms with Crippen LogP contribution in [0.15, 0.2) is 82.6 Å². The van der Waals surface area contributed by atoms with Crippen LogP contribution in [0.2, 0.25) is 0 Å². The van der Waals surface area contributed by atoms with Gasteiger partial charge in [0, 0.05) is 22.0 Å². The molecule has 6 rings (SSSR count). The van der Waals surface area contributed by atoms with Crippen molar-refractivity contribution < 1.29 is 23.5 Å². The average Bonchev–Trinajstić information content (AvgIpc) is 3.41. The fourth-order valence-electron chi connectivity index (χ4n) is 5.34. The van der Waals surface area contributed by atoms with Crippen LogP contribution in [0, 0.1) is 18.7 Å². The van der Waals surface area contributed by atoms with Gasteiger partial charge in [0.1, 0.15) is 23.4 Å². The Balaban J connectivity index is 1.43. The number of benzene rings is 3. The predicted molar refractivity (Wildman–Crippen MR) is 155 cm³/mol. The summed E-state index contributed by atoms with van der Waals surface area (Å²) in [5, 5.41) is 2.42. The number of thioether (sulfide) groups is 1. The molecule has 3 heterocycles. The van der Waals surface area contributed by atoms with E-state index in [0.29, 0.717) is 26.9 Å². The second-order valence-corrected chi connectivity index (χ2v) is 11.9. The van der Waals surface area contributed by atoms with E-state index < -0.39 is 40.6 Å². The summed E-state index contributed by atoms with van der Waals surface area (Å²) in [5.74, 6) is -2.78. The number of nitrogens with one attached hydrogen (secondary N) is 1.